The van der Waals surface area contributed by atoms with E-state index >= 15 is 0 Å². The number of rotatable bonds is 4. The average Bonchev–Trinajstić information content (AvgIpc) is 3.38. The molecule has 1 fully saturated rings. The van der Waals surface area contributed by atoms with Crippen molar-refractivity contribution in [1.29, 1.82) is 0 Å². The third-order valence-corrected chi connectivity index (χ3v) is 6.61. The topological polar surface area (TPSA) is 98.9 Å². The van der Waals surface area contributed by atoms with Gasteiger partial charge < -0.3 is 24.4 Å². The van der Waals surface area contributed by atoms with Crippen LogP contribution in [0.2, 0.25) is 0 Å². The Hall–Kier alpha value is -4.44. The van der Waals surface area contributed by atoms with Gasteiger partial charge in [0, 0.05) is 24.5 Å². The summed E-state index contributed by atoms with van der Waals surface area (Å²) in [4.78, 5) is 15.6. The van der Waals surface area contributed by atoms with E-state index in [1.54, 1.807) is 10.8 Å². The fourth-order valence-corrected chi connectivity index (χ4v) is 4.83. The maximum absolute atomic E-state index is 6.25. The number of aryl methyl sites for hydroxylation is 1. The second-order valence-corrected chi connectivity index (χ2v) is 8.90. The summed E-state index contributed by atoms with van der Waals surface area (Å²) in [5.74, 6) is 2.98. The molecule has 5 aromatic rings. The SMILES string of the molecule is Cc1cc(Nc2ncnc3ccc4c(c23)OC[C@H]2COCCN42)ccc1Oc1ccn2ncnc2c1. The highest BCUT2D eigenvalue weighted by molar-refractivity contribution is 6.00. The Morgan fingerprint density at radius 3 is 2.94 bits per heavy atom. The molecule has 3 aromatic heterocycles. The monoisotopic (exact) mass is 481 g/mol. The molecule has 1 N–H and O–H groups in total. The molecule has 2 aliphatic rings. The van der Waals surface area contributed by atoms with E-state index in [0.717, 1.165) is 51.5 Å². The number of fused-ring (bicyclic) bond motifs is 6. The lowest BCUT2D eigenvalue weighted by Crippen LogP contribution is -2.51. The molecule has 0 saturated carbocycles. The fourth-order valence-electron chi connectivity index (χ4n) is 4.83. The number of morpholine rings is 1. The molecule has 2 aromatic carbocycles. The molecule has 10 heteroatoms. The Bertz CT molecular complexity index is 1600. The van der Waals surface area contributed by atoms with Crippen molar-refractivity contribution in [2.24, 2.45) is 0 Å². The van der Waals surface area contributed by atoms with E-state index < -0.39 is 0 Å². The van der Waals surface area contributed by atoms with Crippen LogP contribution in [0.5, 0.6) is 17.2 Å². The number of ether oxygens (including phenoxy) is 3. The smallest absolute Gasteiger partial charge is 0.158 e. The van der Waals surface area contributed by atoms with E-state index in [-0.39, 0.29) is 6.04 Å². The minimum atomic E-state index is 0.227. The molecule has 10 nitrogen and oxygen atoms in total. The zero-order valence-corrected chi connectivity index (χ0v) is 19.6. The maximum Gasteiger partial charge on any atom is 0.158 e. The number of nitrogens with one attached hydrogen (secondary N) is 1. The van der Waals surface area contributed by atoms with Crippen molar-refractivity contribution in [2.45, 2.75) is 13.0 Å². The zero-order valence-electron chi connectivity index (χ0n) is 19.6. The lowest BCUT2D eigenvalue weighted by molar-refractivity contribution is 0.0709. The van der Waals surface area contributed by atoms with E-state index in [1.165, 1.54) is 6.33 Å². The van der Waals surface area contributed by atoms with Crippen LogP contribution in [0.1, 0.15) is 5.56 Å². The number of hydrogen-bond donors (Lipinski definition) is 1. The molecule has 0 spiro atoms. The predicted molar refractivity (Wildman–Crippen MR) is 135 cm³/mol. The van der Waals surface area contributed by atoms with Crippen LogP contribution in [0.25, 0.3) is 16.6 Å². The van der Waals surface area contributed by atoms with Crippen LogP contribution in [0.15, 0.2) is 61.3 Å². The van der Waals surface area contributed by atoms with E-state index in [0.29, 0.717) is 31.4 Å². The molecule has 36 heavy (non-hydrogen) atoms. The lowest BCUT2D eigenvalue weighted by Gasteiger charge is -2.41. The van der Waals surface area contributed by atoms with Crippen molar-refractivity contribution in [3.63, 3.8) is 0 Å². The molecule has 180 valence electrons. The number of nitrogens with zero attached hydrogens (tertiary/aromatic N) is 6. The first-order valence-corrected chi connectivity index (χ1v) is 11.8. The number of anilines is 3. The third-order valence-electron chi connectivity index (χ3n) is 6.61. The van der Waals surface area contributed by atoms with Gasteiger partial charge in [-0.25, -0.2) is 19.5 Å². The normalized spacial score (nSPS) is 16.9. The lowest BCUT2D eigenvalue weighted by atomic mass is 10.1. The summed E-state index contributed by atoms with van der Waals surface area (Å²) < 4.78 is 19.7. The molecule has 0 amide bonds. The van der Waals surface area contributed by atoms with Crippen LogP contribution in [-0.4, -0.2) is 57.0 Å². The summed E-state index contributed by atoms with van der Waals surface area (Å²) in [6.07, 6.45) is 4.91. The maximum atomic E-state index is 6.25. The standard InChI is InChI=1S/C26H23N7O3/c1-16-10-17(2-5-22(16)36-19-6-7-33-23(11-19)28-15-30-33)31-26-24-20(27-14-29-26)3-4-21-25(24)35-13-18-12-34-9-8-32(18)21/h2-7,10-11,14-15,18H,8-9,12-13H2,1H3,(H,27,29,31)/t18-/m1/s1. The van der Waals surface area contributed by atoms with Crippen molar-refractivity contribution in [1.82, 2.24) is 24.6 Å². The number of hydrogen-bond acceptors (Lipinski definition) is 9. The molecule has 0 bridgehead atoms. The van der Waals surface area contributed by atoms with Crippen molar-refractivity contribution in [3.8, 4) is 17.2 Å². The Labute approximate surface area is 206 Å². The largest absolute Gasteiger partial charge is 0.488 e. The summed E-state index contributed by atoms with van der Waals surface area (Å²) in [5, 5.41) is 8.46. The summed E-state index contributed by atoms with van der Waals surface area (Å²) in [7, 11) is 0. The highest BCUT2D eigenvalue weighted by Gasteiger charge is 2.32. The highest BCUT2D eigenvalue weighted by atomic mass is 16.5. The van der Waals surface area contributed by atoms with Crippen LogP contribution in [0.3, 0.4) is 0 Å². The first-order valence-electron chi connectivity index (χ1n) is 11.8. The molecule has 2 aliphatic heterocycles. The summed E-state index contributed by atoms with van der Waals surface area (Å²) in [6.45, 7) is 4.82. The van der Waals surface area contributed by atoms with Gasteiger partial charge in [-0.15, -0.1) is 0 Å². The van der Waals surface area contributed by atoms with Gasteiger partial charge in [-0.3, -0.25) is 0 Å². The van der Waals surface area contributed by atoms with Crippen LogP contribution >= 0.6 is 0 Å². The van der Waals surface area contributed by atoms with E-state index in [4.69, 9.17) is 14.2 Å². The van der Waals surface area contributed by atoms with E-state index in [9.17, 15) is 0 Å². The first-order chi connectivity index (χ1) is 17.7. The van der Waals surface area contributed by atoms with Gasteiger partial charge in [0.15, 0.2) is 11.4 Å². The van der Waals surface area contributed by atoms with Gasteiger partial charge in [-0.05, 0) is 48.9 Å². The molecule has 7 rings (SSSR count). The van der Waals surface area contributed by atoms with Gasteiger partial charge in [0.1, 0.15) is 36.6 Å². The zero-order chi connectivity index (χ0) is 24.1. The van der Waals surface area contributed by atoms with Gasteiger partial charge in [0.2, 0.25) is 0 Å². The molecule has 5 heterocycles. The van der Waals surface area contributed by atoms with Crippen LogP contribution in [-0.2, 0) is 4.74 Å². The van der Waals surface area contributed by atoms with Gasteiger partial charge in [-0.1, -0.05) is 0 Å². The fraction of sp³-hybridized carbons (Fsp3) is 0.231. The molecule has 0 aliphatic carbocycles. The first kappa shape index (κ1) is 20.9. The summed E-state index contributed by atoms with van der Waals surface area (Å²) >= 11 is 0. The summed E-state index contributed by atoms with van der Waals surface area (Å²) in [5.41, 5.74) is 4.50. The summed E-state index contributed by atoms with van der Waals surface area (Å²) in [6, 6.07) is 14.0. The van der Waals surface area contributed by atoms with Crippen molar-refractivity contribution >= 4 is 33.7 Å². The highest BCUT2D eigenvalue weighted by Crippen LogP contribution is 2.43. The Morgan fingerprint density at radius 2 is 2.00 bits per heavy atom. The third kappa shape index (κ3) is 3.54. The second-order valence-electron chi connectivity index (χ2n) is 8.90. The van der Waals surface area contributed by atoms with Crippen LogP contribution in [0, 0.1) is 6.92 Å². The van der Waals surface area contributed by atoms with Gasteiger partial charge >= 0.3 is 0 Å². The van der Waals surface area contributed by atoms with Crippen LogP contribution in [0.4, 0.5) is 17.2 Å². The molecule has 0 unspecified atom stereocenters. The minimum absolute atomic E-state index is 0.227. The van der Waals surface area contributed by atoms with Crippen LogP contribution < -0.4 is 19.7 Å². The minimum Gasteiger partial charge on any atom is -0.488 e. The average molecular weight is 482 g/mol. The Balaban J connectivity index is 1.20. The molecular weight excluding hydrogens is 458 g/mol. The van der Waals surface area contributed by atoms with Gasteiger partial charge in [0.05, 0.1) is 35.8 Å². The number of pyridine rings is 1. The second kappa shape index (κ2) is 8.35. The molecular formula is C26H23N7O3. The Kier molecular flexibility index (Phi) is 4.84. The quantitative estimate of drug-likeness (QED) is 0.406. The molecule has 1 saturated heterocycles. The van der Waals surface area contributed by atoms with Gasteiger partial charge in [-0.2, -0.15) is 5.10 Å². The van der Waals surface area contributed by atoms with E-state index in [2.05, 4.69) is 36.3 Å². The number of aromatic nitrogens is 5. The van der Waals surface area contributed by atoms with Crippen molar-refractivity contribution in [2.75, 3.05) is 36.6 Å². The number of benzene rings is 2. The van der Waals surface area contributed by atoms with Gasteiger partial charge in [0.25, 0.3) is 0 Å². The van der Waals surface area contributed by atoms with Crippen molar-refractivity contribution in [3.05, 3.63) is 66.9 Å². The predicted octanol–water partition coefficient (Wildman–Crippen LogP) is 4.11. The van der Waals surface area contributed by atoms with Crippen molar-refractivity contribution < 1.29 is 14.2 Å². The van der Waals surface area contributed by atoms with E-state index in [1.807, 2.05) is 49.5 Å². The molecule has 0 radical (unpaired) electrons. The Morgan fingerprint density at radius 1 is 1.03 bits per heavy atom. The molecule has 1 atom stereocenters.